The summed E-state index contributed by atoms with van der Waals surface area (Å²) < 4.78 is 0. The predicted molar refractivity (Wildman–Crippen MR) is 69.5 cm³/mol. The molecule has 0 aliphatic heterocycles. The first-order chi connectivity index (χ1) is 7.24. The van der Waals surface area contributed by atoms with Crippen LogP contribution in [-0.4, -0.2) is 23.8 Å². The molecule has 0 saturated heterocycles. The maximum atomic E-state index is 9.14. The first kappa shape index (κ1) is 14.0. The summed E-state index contributed by atoms with van der Waals surface area (Å²) in [4.78, 5) is 0. The summed E-state index contributed by atoms with van der Waals surface area (Å²) in [6.45, 7) is 11.7. The van der Waals surface area contributed by atoms with E-state index in [1.165, 1.54) is 19.3 Å². The molecule has 16 heavy (non-hydrogen) atoms. The van der Waals surface area contributed by atoms with E-state index in [-0.39, 0.29) is 12.0 Å². The Morgan fingerprint density at radius 3 is 2.38 bits per heavy atom. The summed E-state index contributed by atoms with van der Waals surface area (Å²) in [5.74, 6) is 0. The number of nitrogens with one attached hydrogen (secondary N) is 1. The Kier molecular flexibility index (Phi) is 4.42. The van der Waals surface area contributed by atoms with Gasteiger partial charge in [0.05, 0.1) is 0 Å². The standard InChI is InChI=1S/C14H29NO/c1-13(2,3)12(7-9-16)15-11-6-8-14(4,5)10-11/h11-12,15-16H,6-10H2,1-5H3. The van der Waals surface area contributed by atoms with Crippen molar-refractivity contribution in [3.63, 3.8) is 0 Å². The van der Waals surface area contributed by atoms with Crippen LogP contribution in [0.2, 0.25) is 0 Å². The van der Waals surface area contributed by atoms with E-state index >= 15 is 0 Å². The molecule has 1 aliphatic carbocycles. The van der Waals surface area contributed by atoms with Crippen molar-refractivity contribution >= 4 is 0 Å². The number of aliphatic hydroxyl groups is 1. The summed E-state index contributed by atoms with van der Waals surface area (Å²) >= 11 is 0. The molecule has 0 radical (unpaired) electrons. The first-order valence-electron chi connectivity index (χ1n) is 6.61. The van der Waals surface area contributed by atoms with E-state index in [2.05, 4.69) is 39.9 Å². The number of aliphatic hydroxyl groups excluding tert-OH is 1. The molecule has 0 aromatic heterocycles. The van der Waals surface area contributed by atoms with Crippen molar-refractivity contribution in [2.75, 3.05) is 6.61 Å². The van der Waals surface area contributed by atoms with Crippen LogP contribution in [0.5, 0.6) is 0 Å². The van der Waals surface area contributed by atoms with Crippen molar-refractivity contribution in [2.24, 2.45) is 10.8 Å². The molecular formula is C14H29NO. The average molecular weight is 227 g/mol. The summed E-state index contributed by atoms with van der Waals surface area (Å²) in [7, 11) is 0. The summed E-state index contributed by atoms with van der Waals surface area (Å²) in [6, 6.07) is 1.07. The maximum Gasteiger partial charge on any atom is 0.0446 e. The van der Waals surface area contributed by atoms with Crippen LogP contribution in [-0.2, 0) is 0 Å². The molecule has 2 N–H and O–H groups in total. The lowest BCUT2D eigenvalue weighted by atomic mass is 9.84. The lowest BCUT2D eigenvalue weighted by Gasteiger charge is -2.34. The van der Waals surface area contributed by atoms with Crippen molar-refractivity contribution in [3.05, 3.63) is 0 Å². The highest BCUT2D eigenvalue weighted by molar-refractivity contribution is 4.91. The minimum absolute atomic E-state index is 0.232. The third-order valence-electron chi connectivity index (χ3n) is 3.87. The van der Waals surface area contributed by atoms with Crippen LogP contribution in [0.4, 0.5) is 0 Å². The van der Waals surface area contributed by atoms with Crippen molar-refractivity contribution in [2.45, 2.75) is 72.4 Å². The van der Waals surface area contributed by atoms with Crippen molar-refractivity contribution < 1.29 is 5.11 Å². The van der Waals surface area contributed by atoms with Gasteiger partial charge in [0.1, 0.15) is 0 Å². The van der Waals surface area contributed by atoms with Crippen LogP contribution >= 0.6 is 0 Å². The zero-order chi connectivity index (χ0) is 12.4. The molecule has 2 atom stereocenters. The fraction of sp³-hybridized carbons (Fsp3) is 1.00. The normalized spacial score (nSPS) is 27.0. The van der Waals surface area contributed by atoms with Crippen molar-refractivity contribution in [1.29, 1.82) is 0 Å². The monoisotopic (exact) mass is 227 g/mol. The molecule has 1 aliphatic rings. The van der Waals surface area contributed by atoms with Gasteiger partial charge in [0.15, 0.2) is 0 Å². The van der Waals surface area contributed by atoms with Gasteiger partial charge in [0.2, 0.25) is 0 Å². The van der Waals surface area contributed by atoms with Gasteiger partial charge in [-0.1, -0.05) is 34.6 Å². The van der Waals surface area contributed by atoms with Gasteiger partial charge in [-0.2, -0.15) is 0 Å². The molecule has 96 valence electrons. The number of hydrogen-bond donors (Lipinski definition) is 2. The Balaban J connectivity index is 2.50. The molecule has 0 amide bonds. The lowest BCUT2D eigenvalue weighted by Crippen LogP contribution is -2.45. The lowest BCUT2D eigenvalue weighted by molar-refractivity contribution is 0.183. The topological polar surface area (TPSA) is 32.3 Å². The van der Waals surface area contributed by atoms with Gasteiger partial charge in [-0.15, -0.1) is 0 Å². The van der Waals surface area contributed by atoms with E-state index in [4.69, 9.17) is 5.11 Å². The maximum absolute atomic E-state index is 9.14. The minimum Gasteiger partial charge on any atom is -0.396 e. The molecule has 0 heterocycles. The van der Waals surface area contributed by atoms with Crippen LogP contribution in [0.15, 0.2) is 0 Å². The highest BCUT2D eigenvalue weighted by Gasteiger charge is 2.34. The molecule has 2 unspecified atom stereocenters. The molecule has 0 aromatic carbocycles. The van der Waals surface area contributed by atoms with Gasteiger partial charge in [0, 0.05) is 18.7 Å². The van der Waals surface area contributed by atoms with E-state index in [1.54, 1.807) is 0 Å². The van der Waals surface area contributed by atoms with Gasteiger partial charge < -0.3 is 10.4 Å². The average Bonchev–Trinajstić information content (AvgIpc) is 2.43. The zero-order valence-electron chi connectivity index (χ0n) is 11.6. The second kappa shape index (κ2) is 5.05. The van der Waals surface area contributed by atoms with Gasteiger partial charge in [0.25, 0.3) is 0 Å². The quantitative estimate of drug-likeness (QED) is 0.774. The minimum atomic E-state index is 0.232. The Hall–Kier alpha value is -0.0800. The van der Waals surface area contributed by atoms with Gasteiger partial charge in [-0.05, 0) is 36.5 Å². The second-order valence-corrected chi connectivity index (χ2v) is 7.20. The Labute approximate surface area is 101 Å². The predicted octanol–water partition coefficient (Wildman–Crippen LogP) is 2.95. The van der Waals surface area contributed by atoms with Crippen LogP contribution in [0.25, 0.3) is 0 Å². The molecule has 0 spiro atoms. The van der Waals surface area contributed by atoms with E-state index in [1.807, 2.05) is 0 Å². The smallest absolute Gasteiger partial charge is 0.0446 e. The fourth-order valence-electron chi connectivity index (χ4n) is 2.76. The van der Waals surface area contributed by atoms with E-state index in [0.29, 0.717) is 17.5 Å². The third-order valence-corrected chi connectivity index (χ3v) is 3.87. The molecule has 2 heteroatoms. The highest BCUT2D eigenvalue weighted by Crippen LogP contribution is 2.38. The second-order valence-electron chi connectivity index (χ2n) is 7.20. The number of hydrogen-bond acceptors (Lipinski definition) is 2. The molecule has 1 saturated carbocycles. The molecule has 0 aromatic rings. The SMILES string of the molecule is CC1(C)CCC(NC(CCO)C(C)(C)C)C1. The molecule has 1 fully saturated rings. The van der Waals surface area contributed by atoms with Gasteiger partial charge in [-0.3, -0.25) is 0 Å². The zero-order valence-corrected chi connectivity index (χ0v) is 11.6. The molecule has 0 bridgehead atoms. The van der Waals surface area contributed by atoms with Crippen molar-refractivity contribution in [1.82, 2.24) is 5.32 Å². The van der Waals surface area contributed by atoms with Crippen LogP contribution in [0.3, 0.4) is 0 Å². The largest absolute Gasteiger partial charge is 0.396 e. The number of rotatable bonds is 4. The Bertz CT molecular complexity index is 217. The molecule has 2 nitrogen and oxygen atoms in total. The van der Waals surface area contributed by atoms with E-state index in [0.717, 1.165) is 6.42 Å². The Morgan fingerprint density at radius 2 is 2.00 bits per heavy atom. The summed E-state index contributed by atoms with van der Waals surface area (Å²) in [5, 5.41) is 12.9. The first-order valence-corrected chi connectivity index (χ1v) is 6.61. The van der Waals surface area contributed by atoms with Crippen LogP contribution in [0, 0.1) is 10.8 Å². The van der Waals surface area contributed by atoms with E-state index in [9.17, 15) is 0 Å². The summed E-state index contributed by atoms with van der Waals surface area (Å²) in [5.41, 5.74) is 0.731. The third kappa shape index (κ3) is 4.06. The summed E-state index contributed by atoms with van der Waals surface area (Å²) in [6.07, 6.45) is 4.73. The van der Waals surface area contributed by atoms with Gasteiger partial charge >= 0.3 is 0 Å². The Morgan fingerprint density at radius 1 is 1.38 bits per heavy atom. The van der Waals surface area contributed by atoms with Crippen LogP contribution < -0.4 is 5.32 Å². The van der Waals surface area contributed by atoms with Gasteiger partial charge in [-0.25, -0.2) is 0 Å². The van der Waals surface area contributed by atoms with Crippen LogP contribution in [0.1, 0.15) is 60.3 Å². The van der Waals surface area contributed by atoms with Crippen molar-refractivity contribution in [3.8, 4) is 0 Å². The molecule has 1 rings (SSSR count). The fourth-order valence-corrected chi connectivity index (χ4v) is 2.76. The van der Waals surface area contributed by atoms with E-state index < -0.39 is 0 Å². The molecular weight excluding hydrogens is 198 g/mol. The highest BCUT2D eigenvalue weighted by atomic mass is 16.3.